The van der Waals surface area contributed by atoms with Crippen LogP contribution in [0.1, 0.15) is 29.6 Å². The number of aromatic nitrogens is 1. The van der Waals surface area contributed by atoms with Gasteiger partial charge in [0.25, 0.3) is 0 Å². The molecule has 2 bridgehead atoms. The summed E-state index contributed by atoms with van der Waals surface area (Å²) in [6, 6.07) is 2.37. The van der Waals surface area contributed by atoms with Gasteiger partial charge in [0.1, 0.15) is 5.56 Å². The predicted molar refractivity (Wildman–Crippen MR) is 59.7 cm³/mol. The number of aromatic carboxylic acids is 1. The summed E-state index contributed by atoms with van der Waals surface area (Å²) in [4.78, 5) is 17.3. The van der Waals surface area contributed by atoms with Crippen LogP contribution in [0.25, 0.3) is 0 Å². The van der Waals surface area contributed by atoms with Crippen LogP contribution in [-0.2, 0) is 0 Å². The van der Waals surface area contributed by atoms with Crippen molar-refractivity contribution in [1.82, 2.24) is 4.98 Å². The van der Waals surface area contributed by atoms with Crippen molar-refractivity contribution in [3.63, 3.8) is 0 Å². The van der Waals surface area contributed by atoms with Crippen molar-refractivity contribution in [2.24, 2.45) is 5.92 Å². The fraction of sp³-hybridized carbons (Fsp3) is 0.500. The Morgan fingerprint density at radius 1 is 1.50 bits per heavy atom. The molecule has 1 aromatic heterocycles. The fourth-order valence-corrected chi connectivity index (χ4v) is 3.02. The first kappa shape index (κ1) is 9.63. The molecule has 2 fully saturated rings. The number of pyridine rings is 1. The van der Waals surface area contributed by atoms with Gasteiger partial charge in [-0.05, 0) is 31.2 Å². The summed E-state index contributed by atoms with van der Waals surface area (Å²) in [5.41, 5.74) is 1.17. The molecule has 0 amide bonds. The number of carbonyl (C=O) groups is 1. The van der Waals surface area contributed by atoms with Crippen LogP contribution in [0, 0.1) is 5.92 Å². The molecule has 1 aromatic rings. The van der Waals surface area contributed by atoms with Gasteiger partial charge in [-0.15, -0.1) is 0 Å². The molecule has 4 heteroatoms. The van der Waals surface area contributed by atoms with E-state index in [1.54, 1.807) is 6.20 Å². The first-order valence-corrected chi connectivity index (χ1v) is 5.69. The third-order valence-corrected chi connectivity index (χ3v) is 3.75. The zero-order valence-corrected chi connectivity index (χ0v) is 8.97. The van der Waals surface area contributed by atoms with Crippen LogP contribution >= 0.6 is 0 Å². The molecule has 84 valence electrons. The molecule has 2 aliphatic rings. The number of rotatable bonds is 2. The van der Waals surface area contributed by atoms with E-state index in [0.29, 0.717) is 11.6 Å². The molecule has 2 heterocycles. The maximum Gasteiger partial charge on any atom is 0.339 e. The molecule has 2 atom stereocenters. The molecule has 1 saturated heterocycles. The van der Waals surface area contributed by atoms with Crippen molar-refractivity contribution in [3.8, 4) is 0 Å². The number of anilines is 1. The lowest BCUT2D eigenvalue weighted by Crippen LogP contribution is -2.33. The Labute approximate surface area is 93.9 Å². The standard InChI is InChI=1S/C12H14N2O2/c15-12(16)10-6-13-4-3-11(10)14-7-8-1-2-9(14)5-8/h3-4,6,8-9H,1-2,5,7H2,(H,15,16). The fourth-order valence-electron chi connectivity index (χ4n) is 3.02. The van der Waals surface area contributed by atoms with E-state index in [9.17, 15) is 4.79 Å². The average Bonchev–Trinajstić information content (AvgIpc) is 2.90. The van der Waals surface area contributed by atoms with E-state index in [0.717, 1.165) is 18.2 Å². The quantitative estimate of drug-likeness (QED) is 0.822. The summed E-state index contributed by atoms with van der Waals surface area (Å²) in [5.74, 6) is -0.120. The highest BCUT2D eigenvalue weighted by Gasteiger charge is 2.38. The monoisotopic (exact) mass is 218 g/mol. The molecule has 0 radical (unpaired) electrons. The SMILES string of the molecule is O=C(O)c1cnccc1N1CC2CCC1C2. The summed E-state index contributed by atoms with van der Waals surface area (Å²) in [6.45, 7) is 1.01. The van der Waals surface area contributed by atoms with Gasteiger partial charge in [-0.3, -0.25) is 4.98 Å². The second-order valence-electron chi connectivity index (χ2n) is 4.68. The first-order chi connectivity index (χ1) is 7.75. The van der Waals surface area contributed by atoms with Gasteiger partial charge >= 0.3 is 5.97 Å². The Morgan fingerprint density at radius 2 is 2.38 bits per heavy atom. The van der Waals surface area contributed by atoms with Crippen LogP contribution in [0.2, 0.25) is 0 Å². The van der Waals surface area contributed by atoms with E-state index in [4.69, 9.17) is 5.11 Å². The number of nitrogens with zero attached hydrogens (tertiary/aromatic N) is 2. The maximum atomic E-state index is 11.1. The topological polar surface area (TPSA) is 53.4 Å². The number of carboxylic acid groups (broad SMARTS) is 1. The van der Waals surface area contributed by atoms with E-state index in [1.165, 1.54) is 25.5 Å². The van der Waals surface area contributed by atoms with Gasteiger partial charge in [-0.1, -0.05) is 0 Å². The first-order valence-electron chi connectivity index (χ1n) is 5.69. The Morgan fingerprint density at radius 3 is 3.00 bits per heavy atom. The van der Waals surface area contributed by atoms with Crippen molar-refractivity contribution in [3.05, 3.63) is 24.0 Å². The van der Waals surface area contributed by atoms with Crippen molar-refractivity contribution < 1.29 is 9.90 Å². The summed E-state index contributed by atoms with van der Waals surface area (Å²) >= 11 is 0. The van der Waals surface area contributed by atoms with Gasteiger partial charge in [0.2, 0.25) is 0 Å². The van der Waals surface area contributed by atoms with Gasteiger partial charge < -0.3 is 10.0 Å². The smallest absolute Gasteiger partial charge is 0.339 e. The minimum absolute atomic E-state index is 0.329. The summed E-state index contributed by atoms with van der Waals surface area (Å²) in [5, 5.41) is 9.13. The number of carboxylic acids is 1. The summed E-state index contributed by atoms with van der Waals surface area (Å²) < 4.78 is 0. The zero-order chi connectivity index (χ0) is 11.1. The third-order valence-electron chi connectivity index (χ3n) is 3.75. The van der Waals surface area contributed by atoms with Gasteiger partial charge in [-0.2, -0.15) is 0 Å². The average molecular weight is 218 g/mol. The lowest BCUT2D eigenvalue weighted by molar-refractivity contribution is 0.0697. The Bertz CT molecular complexity index is 433. The van der Waals surface area contributed by atoms with Gasteiger partial charge in [0.05, 0.1) is 5.69 Å². The molecule has 4 nitrogen and oxygen atoms in total. The maximum absolute atomic E-state index is 11.1. The number of hydrogen-bond donors (Lipinski definition) is 1. The number of hydrogen-bond acceptors (Lipinski definition) is 3. The van der Waals surface area contributed by atoms with Gasteiger partial charge in [0.15, 0.2) is 0 Å². The highest BCUT2D eigenvalue weighted by atomic mass is 16.4. The Balaban J connectivity index is 1.97. The molecule has 1 aliphatic carbocycles. The third kappa shape index (κ3) is 1.37. The zero-order valence-electron chi connectivity index (χ0n) is 8.97. The van der Waals surface area contributed by atoms with E-state index in [-0.39, 0.29) is 0 Å². The van der Waals surface area contributed by atoms with E-state index >= 15 is 0 Å². The van der Waals surface area contributed by atoms with Crippen molar-refractivity contribution in [2.75, 3.05) is 11.4 Å². The molecule has 16 heavy (non-hydrogen) atoms. The van der Waals surface area contributed by atoms with E-state index < -0.39 is 5.97 Å². The van der Waals surface area contributed by atoms with Crippen LogP contribution in [0.15, 0.2) is 18.5 Å². The van der Waals surface area contributed by atoms with Gasteiger partial charge in [-0.25, -0.2) is 4.79 Å². The Hall–Kier alpha value is -1.58. The number of fused-ring (bicyclic) bond motifs is 2. The highest BCUT2D eigenvalue weighted by Crippen LogP contribution is 2.40. The second-order valence-corrected chi connectivity index (χ2v) is 4.68. The molecule has 0 spiro atoms. The molecule has 1 N–H and O–H groups in total. The predicted octanol–water partition coefficient (Wildman–Crippen LogP) is 1.77. The molecule has 3 rings (SSSR count). The van der Waals surface area contributed by atoms with Crippen LogP contribution in [0.3, 0.4) is 0 Å². The minimum atomic E-state index is -0.883. The van der Waals surface area contributed by atoms with Crippen molar-refractivity contribution in [1.29, 1.82) is 0 Å². The van der Waals surface area contributed by atoms with Gasteiger partial charge in [0, 0.05) is 25.0 Å². The van der Waals surface area contributed by atoms with Crippen LogP contribution in [-0.4, -0.2) is 28.6 Å². The molecular weight excluding hydrogens is 204 g/mol. The lowest BCUT2D eigenvalue weighted by atomic mass is 10.1. The summed E-state index contributed by atoms with van der Waals surface area (Å²) in [6.07, 6.45) is 6.85. The molecular formula is C12H14N2O2. The normalized spacial score (nSPS) is 27.4. The Kier molecular flexibility index (Phi) is 2.09. The highest BCUT2D eigenvalue weighted by molar-refractivity contribution is 5.94. The molecule has 1 saturated carbocycles. The van der Waals surface area contributed by atoms with E-state index in [2.05, 4.69) is 9.88 Å². The largest absolute Gasteiger partial charge is 0.478 e. The lowest BCUT2D eigenvalue weighted by Gasteiger charge is -2.29. The minimum Gasteiger partial charge on any atom is -0.478 e. The van der Waals surface area contributed by atoms with Crippen molar-refractivity contribution >= 4 is 11.7 Å². The molecule has 2 unspecified atom stereocenters. The second kappa shape index (κ2) is 3.47. The van der Waals surface area contributed by atoms with Crippen LogP contribution in [0.4, 0.5) is 5.69 Å². The van der Waals surface area contributed by atoms with Crippen LogP contribution in [0.5, 0.6) is 0 Å². The number of piperidine rings is 1. The van der Waals surface area contributed by atoms with Crippen molar-refractivity contribution in [2.45, 2.75) is 25.3 Å². The molecule has 1 aliphatic heterocycles. The summed E-state index contributed by atoms with van der Waals surface area (Å²) in [7, 11) is 0. The van der Waals surface area contributed by atoms with E-state index in [1.807, 2.05) is 6.07 Å². The van der Waals surface area contributed by atoms with Crippen LogP contribution < -0.4 is 4.90 Å². The molecule has 0 aromatic carbocycles.